The minimum absolute atomic E-state index is 0.0116. The lowest BCUT2D eigenvalue weighted by molar-refractivity contribution is -0.140. The van der Waals surface area contributed by atoms with Crippen LogP contribution >= 0.6 is 11.3 Å². The molecule has 0 aliphatic carbocycles. The Balaban J connectivity index is 1.54. The highest BCUT2D eigenvalue weighted by Gasteiger charge is 2.22. The monoisotopic (exact) mass is 386 g/mol. The average Bonchev–Trinajstić information content (AvgIpc) is 3.11. The lowest BCUT2D eigenvalue weighted by Crippen LogP contribution is -2.50. The molecule has 1 fully saturated rings. The Labute approximate surface area is 164 Å². The van der Waals surface area contributed by atoms with Gasteiger partial charge in [0.1, 0.15) is 5.01 Å². The summed E-state index contributed by atoms with van der Waals surface area (Å²) < 4.78 is 0. The van der Waals surface area contributed by atoms with Gasteiger partial charge in [-0.25, -0.2) is 4.98 Å². The highest BCUT2D eigenvalue weighted by Crippen LogP contribution is 2.24. The van der Waals surface area contributed by atoms with Gasteiger partial charge in [0.15, 0.2) is 0 Å². The lowest BCUT2D eigenvalue weighted by atomic mass is 10.2. The van der Waals surface area contributed by atoms with Crippen molar-refractivity contribution in [2.75, 3.05) is 46.8 Å². The molecule has 0 saturated carbocycles. The van der Waals surface area contributed by atoms with Gasteiger partial charge in [-0.3, -0.25) is 9.59 Å². The van der Waals surface area contributed by atoms with Gasteiger partial charge in [-0.2, -0.15) is 0 Å². The number of nitrogens with zero attached hydrogens (tertiary/aromatic N) is 4. The molecule has 6 nitrogen and oxygen atoms in total. The number of thiazole rings is 1. The number of aromatic nitrogens is 1. The Hall–Kier alpha value is -2.25. The molecule has 1 aliphatic heterocycles. The van der Waals surface area contributed by atoms with Crippen molar-refractivity contribution in [3.63, 3.8) is 0 Å². The van der Waals surface area contributed by atoms with Crippen molar-refractivity contribution < 1.29 is 9.59 Å². The standard InChI is InChI=1S/C20H26N4O2S/c1-15-4-6-16(7-5-15)20-21-17(14-27-20)12-18(25)23(3)13-19(26)24-10-8-22(2)9-11-24/h4-7,14H,8-13H2,1-3H3. The Morgan fingerprint density at radius 1 is 1.15 bits per heavy atom. The highest BCUT2D eigenvalue weighted by atomic mass is 32.1. The largest absolute Gasteiger partial charge is 0.339 e. The maximum Gasteiger partial charge on any atom is 0.242 e. The van der Waals surface area contributed by atoms with E-state index in [1.165, 1.54) is 21.8 Å². The first-order valence-electron chi connectivity index (χ1n) is 9.14. The number of hydrogen-bond donors (Lipinski definition) is 0. The van der Waals surface area contributed by atoms with Gasteiger partial charge in [0.2, 0.25) is 11.8 Å². The van der Waals surface area contributed by atoms with Gasteiger partial charge in [-0.05, 0) is 14.0 Å². The molecular formula is C20H26N4O2S. The number of rotatable bonds is 5. The van der Waals surface area contributed by atoms with Crippen molar-refractivity contribution in [1.82, 2.24) is 19.7 Å². The van der Waals surface area contributed by atoms with Gasteiger partial charge in [-0.1, -0.05) is 29.8 Å². The van der Waals surface area contributed by atoms with Crippen LogP contribution in [0.3, 0.4) is 0 Å². The van der Waals surface area contributed by atoms with E-state index in [1.54, 1.807) is 7.05 Å². The number of carbonyl (C=O) groups excluding carboxylic acids is 2. The molecule has 2 amide bonds. The van der Waals surface area contributed by atoms with E-state index in [2.05, 4.69) is 36.0 Å². The van der Waals surface area contributed by atoms with Gasteiger partial charge in [0, 0.05) is 44.2 Å². The lowest BCUT2D eigenvalue weighted by Gasteiger charge is -2.33. The van der Waals surface area contributed by atoms with Crippen LogP contribution in [-0.2, 0) is 16.0 Å². The predicted molar refractivity (Wildman–Crippen MR) is 108 cm³/mol. The van der Waals surface area contributed by atoms with Crippen molar-refractivity contribution in [3.05, 3.63) is 40.9 Å². The first kappa shape index (κ1) is 19.5. The Bertz CT molecular complexity index is 795. The molecule has 0 N–H and O–H groups in total. The minimum atomic E-state index is -0.0850. The fraction of sp³-hybridized carbons (Fsp3) is 0.450. The molecule has 1 aliphatic rings. The third-order valence-electron chi connectivity index (χ3n) is 4.84. The van der Waals surface area contributed by atoms with E-state index in [1.807, 2.05) is 22.4 Å². The van der Waals surface area contributed by atoms with Crippen LogP contribution < -0.4 is 0 Å². The molecule has 144 valence electrons. The number of amides is 2. The zero-order chi connectivity index (χ0) is 19.4. The Morgan fingerprint density at radius 3 is 2.48 bits per heavy atom. The molecule has 27 heavy (non-hydrogen) atoms. The smallest absolute Gasteiger partial charge is 0.242 e. The van der Waals surface area contributed by atoms with Crippen molar-refractivity contribution in [2.24, 2.45) is 0 Å². The predicted octanol–water partition coefficient (Wildman–Crippen LogP) is 1.89. The fourth-order valence-electron chi connectivity index (χ4n) is 2.95. The number of piperazine rings is 1. The highest BCUT2D eigenvalue weighted by molar-refractivity contribution is 7.13. The maximum atomic E-state index is 12.5. The first-order valence-corrected chi connectivity index (χ1v) is 10.0. The summed E-state index contributed by atoms with van der Waals surface area (Å²) in [5.41, 5.74) is 3.01. The number of benzene rings is 1. The van der Waals surface area contributed by atoms with E-state index in [-0.39, 0.29) is 24.8 Å². The van der Waals surface area contributed by atoms with E-state index < -0.39 is 0 Å². The van der Waals surface area contributed by atoms with E-state index in [0.29, 0.717) is 0 Å². The molecule has 3 rings (SSSR count). The summed E-state index contributed by atoms with van der Waals surface area (Å²) in [7, 11) is 3.74. The van der Waals surface area contributed by atoms with Gasteiger partial charge >= 0.3 is 0 Å². The second-order valence-electron chi connectivity index (χ2n) is 7.12. The maximum absolute atomic E-state index is 12.5. The molecule has 2 heterocycles. The van der Waals surface area contributed by atoms with Crippen LogP contribution in [0.4, 0.5) is 0 Å². The topological polar surface area (TPSA) is 56.8 Å². The Kier molecular flexibility index (Phi) is 6.23. The second kappa shape index (κ2) is 8.63. The van der Waals surface area contributed by atoms with Gasteiger partial charge in [-0.15, -0.1) is 11.3 Å². The van der Waals surface area contributed by atoms with Crippen LogP contribution in [0.1, 0.15) is 11.3 Å². The third kappa shape index (κ3) is 5.14. The molecule has 1 aromatic heterocycles. The zero-order valence-corrected chi connectivity index (χ0v) is 17.0. The summed E-state index contributed by atoms with van der Waals surface area (Å²) in [6.07, 6.45) is 0.217. The van der Waals surface area contributed by atoms with Crippen molar-refractivity contribution >= 4 is 23.2 Å². The fourth-order valence-corrected chi connectivity index (χ4v) is 3.78. The molecule has 1 aromatic carbocycles. The second-order valence-corrected chi connectivity index (χ2v) is 7.98. The zero-order valence-electron chi connectivity index (χ0n) is 16.1. The van der Waals surface area contributed by atoms with E-state index in [9.17, 15) is 9.59 Å². The van der Waals surface area contributed by atoms with Gasteiger partial charge < -0.3 is 14.7 Å². The summed E-state index contributed by atoms with van der Waals surface area (Å²) >= 11 is 1.54. The third-order valence-corrected chi connectivity index (χ3v) is 5.78. The number of hydrogen-bond acceptors (Lipinski definition) is 5. The quantitative estimate of drug-likeness (QED) is 0.788. The average molecular weight is 387 g/mol. The number of carbonyl (C=O) groups is 2. The number of likely N-dealkylation sites (N-methyl/N-ethyl adjacent to an activating group) is 2. The van der Waals surface area contributed by atoms with Crippen LogP contribution in [0.5, 0.6) is 0 Å². The van der Waals surface area contributed by atoms with Gasteiger partial charge in [0.05, 0.1) is 18.7 Å². The molecule has 0 bridgehead atoms. The summed E-state index contributed by atoms with van der Waals surface area (Å²) in [5, 5.41) is 2.83. The van der Waals surface area contributed by atoms with Crippen LogP contribution in [-0.4, -0.2) is 78.3 Å². The summed E-state index contributed by atoms with van der Waals surface area (Å²) in [5.74, 6) is -0.0733. The van der Waals surface area contributed by atoms with E-state index in [0.717, 1.165) is 42.4 Å². The van der Waals surface area contributed by atoms with E-state index >= 15 is 0 Å². The molecule has 1 saturated heterocycles. The summed E-state index contributed by atoms with van der Waals surface area (Å²) in [6, 6.07) is 8.19. The molecule has 7 heteroatoms. The number of aryl methyl sites for hydroxylation is 1. The normalized spacial score (nSPS) is 15.0. The SMILES string of the molecule is Cc1ccc(-c2nc(CC(=O)N(C)CC(=O)N3CCN(C)CC3)cs2)cc1. The molecule has 0 spiro atoms. The van der Waals surface area contributed by atoms with Crippen LogP contribution in [0.2, 0.25) is 0 Å². The van der Waals surface area contributed by atoms with Crippen LogP contribution in [0.25, 0.3) is 10.6 Å². The molecular weight excluding hydrogens is 360 g/mol. The molecule has 0 atom stereocenters. The molecule has 0 unspecified atom stereocenters. The summed E-state index contributed by atoms with van der Waals surface area (Å²) in [4.78, 5) is 35.0. The van der Waals surface area contributed by atoms with Crippen molar-refractivity contribution in [2.45, 2.75) is 13.3 Å². The Morgan fingerprint density at radius 2 is 1.81 bits per heavy atom. The van der Waals surface area contributed by atoms with E-state index in [4.69, 9.17) is 0 Å². The van der Waals surface area contributed by atoms with Gasteiger partial charge in [0.25, 0.3) is 0 Å². The van der Waals surface area contributed by atoms with Crippen molar-refractivity contribution in [3.8, 4) is 10.6 Å². The first-order chi connectivity index (χ1) is 12.9. The van der Waals surface area contributed by atoms with Crippen LogP contribution in [0.15, 0.2) is 29.6 Å². The minimum Gasteiger partial charge on any atom is -0.339 e. The summed E-state index contributed by atoms with van der Waals surface area (Å²) in [6.45, 7) is 5.38. The van der Waals surface area contributed by atoms with Crippen LogP contribution in [0, 0.1) is 6.92 Å². The molecule has 2 aromatic rings. The van der Waals surface area contributed by atoms with Crippen molar-refractivity contribution in [1.29, 1.82) is 0 Å². The molecule has 0 radical (unpaired) electrons.